The Labute approximate surface area is 218 Å². The molecule has 4 aromatic carbocycles. The van der Waals surface area contributed by atoms with Gasteiger partial charge < -0.3 is 4.42 Å². The lowest BCUT2D eigenvalue weighted by molar-refractivity contribution is -0.662. The zero-order valence-electron chi connectivity index (χ0n) is 23.3. The Morgan fingerprint density at radius 1 is 0.865 bits per heavy atom. The minimum atomic E-state index is -2.62. The zero-order valence-corrected chi connectivity index (χ0v) is 20.3. The van der Waals surface area contributed by atoms with E-state index in [1.165, 1.54) is 12.3 Å². The lowest BCUT2D eigenvalue weighted by Crippen LogP contribution is -2.31. The van der Waals surface area contributed by atoms with E-state index in [1.54, 1.807) is 17.7 Å². The van der Waals surface area contributed by atoms with E-state index in [4.69, 9.17) is 8.53 Å². The third-order valence-corrected chi connectivity index (χ3v) is 6.88. The Kier molecular flexibility index (Phi) is 4.58. The van der Waals surface area contributed by atoms with Gasteiger partial charge >= 0.3 is 0 Å². The summed E-state index contributed by atoms with van der Waals surface area (Å²) in [4.78, 5) is 0. The van der Waals surface area contributed by atoms with Crippen LogP contribution in [0, 0.1) is 30.9 Å². The molecule has 0 saturated heterocycles. The molecule has 178 valence electrons. The van der Waals surface area contributed by atoms with Crippen molar-refractivity contribution in [3.05, 3.63) is 114 Å². The van der Waals surface area contributed by atoms with Crippen molar-refractivity contribution in [3.63, 3.8) is 0 Å². The van der Waals surface area contributed by atoms with E-state index in [2.05, 4.69) is 30.3 Å². The van der Waals surface area contributed by atoms with Crippen LogP contribution in [0.1, 0.15) is 20.8 Å². The lowest BCUT2D eigenvalue weighted by Gasteiger charge is -2.07. The molecule has 0 aliphatic carbocycles. The van der Waals surface area contributed by atoms with Gasteiger partial charge in [0.05, 0.1) is 17.2 Å². The van der Waals surface area contributed by atoms with Crippen LogP contribution in [0.15, 0.2) is 95.5 Å². The summed E-state index contributed by atoms with van der Waals surface area (Å²) in [5, 5.41) is 11.4. The molecule has 4 heteroatoms. The summed E-state index contributed by atoms with van der Waals surface area (Å²) in [6, 6.07) is 29.4. The first-order valence-corrected chi connectivity index (χ1v) is 11.9. The third kappa shape index (κ3) is 3.68. The van der Waals surface area contributed by atoms with Crippen molar-refractivity contribution in [3.8, 4) is 39.6 Å². The second-order valence-corrected chi connectivity index (χ2v) is 9.19. The number of halogens is 1. The topological polar surface area (TPSA) is 40.8 Å². The minimum Gasteiger partial charge on any atom is -0.454 e. The number of hydrogen-bond acceptors (Lipinski definition) is 2. The summed E-state index contributed by atoms with van der Waals surface area (Å²) in [5.41, 5.74) is 7.07. The Bertz CT molecular complexity index is 1990. The predicted octanol–water partition coefficient (Wildman–Crippen LogP) is 8.04. The second kappa shape index (κ2) is 8.72. The quantitative estimate of drug-likeness (QED) is 0.238. The largest absolute Gasteiger partial charge is 0.454 e. The number of rotatable bonds is 3. The van der Waals surface area contributed by atoms with Crippen LogP contribution in [0.4, 0.5) is 4.39 Å². The van der Waals surface area contributed by atoms with E-state index in [0.29, 0.717) is 33.4 Å². The first-order valence-electron chi connectivity index (χ1n) is 13.4. The number of nitriles is 1. The fourth-order valence-electron chi connectivity index (χ4n) is 5.04. The highest BCUT2D eigenvalue weighted by atomic mass is 19.1. The van der Waals surface area contributed by atoms with Crippen molar-refractivity contribution in [1.82, 2.24) is 0 Å². The molecule has 0 aliphatic rings. The maximum Gasteiger partial charge on any atom is 0.216 e. The van der Waals surface area contributed by atoms with Gasteiger partial charge in [-0.05, 0) is 59.8 Å². The molecule has 0 unspecified atom stereocenters. The van der Waals surface area contributed by atoms with Gasteiger partial charge in [-0.1, -0.05) is 60.7 Å². The van der Waals surface area contributed by atoms with Crippen LogP contribution in [0.5, 0.6) is 0 Å². The monoisotopic (exact) mass is 486 g/mol. The highest BCUT2D eigenvalue weighted by Crippen LogP contribution is 2.42. The van der Waals surface area contributed by atoms with Crippen molar-refractivity contribution in [2.24, 2.45) is 7.05 Å². The molecule has 37 heavy (non-hydrogen) atoms. The van der Waals surface area contributed by atoms with Crippen LogP contribution in [0.2, 0.25) is 0 Å². The average Bonchev–Trinajstić information content (AvgIpc) is 3.32. The maximum atomic E-state index is 14.7. The molecule has 0 aliphatic heterocycles. The molecule has 0 saturated carbocycles. The van der Waals surface area contributed by atoms with Crippen LogP contribution >= 0.6 is 0 Å². The van der Waals surface area contributed by atoms with E-state index < -0.39 is 12.7 Å². The number of fused-ring (bicyclic) bond motifs is 3. The number of aromatic nitrogens is 1. The number of benzene rings is 4. The van der Waals surface area contributed by atoms with Crippen LogP contribution in [-0.4, -0.2) is 0 Å². The molecule has 0 bridgehead atoms. The smallest absolute Gasteiger partial charge is 0.216 e. The van der Waals surface area contributed by atoms with Gasteiger partial charge in [-0.3, -0.25) is 0 Å². The number of furan rings is 1. The highest BCUT2D eigenvalue weighted by molar-refractivity contribution is 6.15. The average molecular weight is 487 g/mol. The molecule has 0 amide bonds. The Hall–Kier alpha value is -4.75. The van der Waals surface area contributed by atoms with Gasteiger partial charge in [-0.25, -0.2) is 4.39 Å². The molecular formula is C33H24FN2O+. The van der Waals surface area contributed by atoms with Crippen molar-refractivity contribution in [2.75, 3.05) is 0 Å². The predicted molar refractivity (Wildman–Crippen MR) is 145 cm³/mol. The Morgan fingerprint density at radius 2 is 1.65 bits per heavy atom. The molecule has 0 spiro atoms. The third-order valence-electron chi connectivity index (χ3n) is 6.88. The number of pyridine rings is 1. The summed E-state index contributed by atoms with van der Waals surface area (Å²) in [5.74, 6) is -0.798. The SMILES string of the molecule is [2H]C([2H])([2H])c1cc(-c2c(C)ccc3c2oc2c(-c4cccc(-c5ccccc5)c4)ccc(C#N)c23)[n+](C)cc1F. The van der Waals surface area contributed by atoms with Gasteiger partial charge in [0.15, 0.2) is 5.82 Å². The van der Waals surface area contributed by atoms with E-state index in [1.807, 2.05) is 55.5 Å². The number of hydrogen-bond donors (Lipinski definition) is 0. The first-order chi connectivity index (χ1) is 19.2. The lowest BCUT2D eigenvalue weighted by atomic mass is 9.95. The van der Waals surface area contributed by atoms with E-state index >= 15 is 0 Å². The maximum absolute atomic E-state index is 14.7. The summed E-state index contributed by atoms with van der Waals surface area (Å²) < 4.78 is 46.3. The van der Waals surface area contributed by atoms with E-state index in [9.17, 15) is 9.65 Å². The molecule has 0 radical (unpaired) electrons. The second-order valence-electron chi connectivity index (χ2n) is 9.19. The Balaban J connectivity index is 1.66. The van der Waals surface area contributed by atoms with Gasteiger partial charge in [-0.2, -0.15) is 9.83 Å². The fourth-order valence-corrected chi connectivity index (χ4v) is 5.04. The van der Waals surface area contributed by atoms with Crippen LogP contribution < -0.4 is 4.57 Å². The van der Waals surface area contributed by atoms with Crippen LogP contribution in [0.3, 0.4) is 0 Å². The molecule has 0 fully saturated rings. The number of aryl methyl sites for hydroxylation is 3. The fraction of sp³-hybridized carbons (Fsp3) is 0.0909. The van der Waals surface area contributed by atoms with Crippen molar-refractivity contribution in [2.45, 2.75) is 13.8 Å². The van der Waals surface area contributed by atoms with Gasteiger partial charge in [0.1, 0.15) is 18.2 Å². The number of nitrogens with zero attached hydrogens (tertiary/aromatic N) is 2. The molecular weight excluding hydrogens is 459 g/mol. The van der Waals surface area contributed by atoms with Gasteiger partial charge in [-0.15, -0.1) is 0 Å². The highest BCUT2D eigenvalue weighted by Gasteiger charge is 2.24. The van der Waals surface area contributed by atoms with Crippen LogP contribution in [-0.2, 0) is 7.05 Å². The molecule has 2 heterocycles. The summed E-state index contributed by atoms with van der Waals surface area (Å²) in [7, 11) is 1.67. The summed E-state index contributed by atoms with van der Waals surface area (Å²) in [6.45, 7) is -0.719. The molecule has 3 nitrogen and oxygen atoms in total. The Morgan fingerprint density at radius 3 is 2.43 bits per heavy atom. The van der Waals surface area contributed by atoms with E-state index in [0.717, 1.165) is 33.2 Å². The van der Waals surface area contributed by atoms with Gasteiger partial charge in [0.25, 0.3) is 0 Å². The van der Waals surface area contributed by atoms with Crippen molar-refractivity contribution in [1.29, 1.82) is 5.26 Å². The zero-order chi connectivity index (χ0) is 28.2. The van der Waals surface area contributed by atoms with E-state index in [-0.39, 0.29) is 5.56 Å². The molecule has 6 aromatic rings. The van der Waals surface area contributed by atoms with Crippen molar-refractivity contribution < 1.29 is 17.5 Å². The summed E-state index contributed by atoms with van der Waals surface area (Å²) in [6.07, 6.45) is 1.18. The molecule has 0 N–H and O–H groups in total. The first kappa shape index (κ1) is 19.4. The summed E-state index contributed by atoms with van der Waals surface area (Å²) >= 11 is 0. The van der Waals surface area contributed by atoms with Crippen molar-refractivity contribution >= 4 is 21.9 Å². The van der Waals surface area contributed by atoms with Gasteiger partial charge in [0.2, 0.25) is 11.9 Å². The normalized spacial score (nSPS) is 12.8. The molecule has 2 aromatic heterocycles. The minimum absolute atomic E-state index is 0.357. The van der Waals surface area contributed by atoms with Gasteiger partial charge in [0, 0.05) is 26.5 Å². The molecule has 6 rings (SSSR count). The van der Waals surface area contributed by atoms with Crippen LogP contribution in [0.25, 0.3) is 55.4 Å². The standard InChI is InChI=1S/C33H24FN2O/c1-20-12-14-27-31-25(18-35)13-15-26(24-11-7-10-23(17-24)22-8-5-4-6-9-22)32(31)37-33(27)30(20)29-16-21(2)28(34)19-36(29)3/h4-17,19H,1-3H3/q+1/i2D3. The molecule has 0 atom stereocenters.